The van der Waals surface area contributed by atoms with Gasteiger partial charge in [-0.25, -0.2) is 24.4 Å². The fraction of sp³-hybridized carbons (Fsp3) is 0.286. The second-order valence-corrected chi connectivity index (χ2v) is 8.04. The van der Waals surface area contributed by atoms with Gasteiger partial charge in [0.25, 0.3) is 0 Å². The molecule has 0 saturated heterocycles. The van der Waals surface area contributed by atoms with Gasteiger partial charge in [-0.1, -0.05) is 35.5 Å². The van der Waals surface area contributed by atoms with Gasteiger partial charge in [0.05, 0.1) is 24.8 Å². The number of nitrogens with zero attached hydrogens (tertiary/aromatic N) is 2. The van der Waals surface area contributed by atoms with Crippen molar-refractivity contribution in [1.82, 2.24) is 20.6 Å². The molecule has 4 N–H and O–H groups in total. The molecule has 174 valence electrons. The Morgan fingerprint density at radius 1 is 1.15 bits per heavy atom. The first-order valence-electron chi connectivity index (χ1n) is 9.99. The summed E-state index contributed by atoms with van der Waals surface area (Å²) in [7, 11) is 0. The van der Waals surface area contributed by atoms with Crippen molar-refractivity contribution in [1.29, 1.82) is 0 Å². The summed E-state index contributed by atoms with van der Waals surface area (Å²) in [4.78, 5) is 45.3. The highest BCUT2D eigenvalue weighted by atomic mass is 35.5. The Morgan fingerprint density at radius 3 is 2.45 bits per heavy atom. The summed E-state index contributed by atoms with van der Waals surface area (Å²) in [6, 6.07) is 5.58. The smallest absolute Gasteiger partial charge is 0.343 e. The summed E-state index contributed by atoms with van der Waals surface area (Å²) in [6.07, 6.45) is 1.28. The summed E-state index contributed by atoms with van der Waals surface area (Å²) in [5.41, 5.74) is 7.19. The molecule has 33 heavy (non-hydrogen) atoms. The molecule has 1 aromatic heterocycles. The van der Waals surface area contributed by atoms with Gasteiger partial charge in [0.1, 0.15) is 11.4 Å². The van der Waals surface area contributed by atoms with Gasteiger partial charge in [0.2, 0.25) is 0 Å². The summed E-state index contributed by atoms with van der Waals surface area (Å²) in [5, 5.41) is 6.20. The number of nitrogen functional groups attached to an aromatic ring is 1. The van der Waals surface area contributed by atoms with Crippen LogP contribution in [0.4, 0.5) is 10.6 Å². The van der Waals surface area contributed by atoms with Crippen molar-refractivity contribution in [2.24, 2.45) is 0 Å². The monoisotopic (exact) mass is 491 g/mol. The van der Waals surface area contributed by atoms with Crippen LogP contribution < -0.4 is 16.4 Å². The molecule has 2 aromatic rings. The number of esters is 2. The number of nitrogens with two attached hydrogens (primary N) is 1. The molecule has 2 amide bonds. The Morgan fingerprint density at radius 2 is 1.82 bits per heavy atom. The van der Waals surface area contributed by atoms with E-state index in [9.17, 15) is 14.4 Å². The lowest BCUT2D eigenvalue weighted by molar-refractivity contribution is -0.139. The SMILES string of the molecule is CCOC(=O)C1=C(CSc2ncc(C(=O)OCC)c(N)n2)NC(=O)NC1c1ccc(Cl)cc1. The van der Waals surface area contributed by atoms with E-state index in [1.165, 1.54) is 6.20 Å². The van der Waals surface area contributed by atoms with Crippen LogP contribution in [0.5, 0.6) is 0 Å². The molecule has 0 radical (unpaired) electrons. The second-order valence-electron chi connectivity index (χ2n) is 6.66. The van der Waals surface area contributed by atoms with Crippen LogP contribution in [0, 0.1) is 0 Å². The van der Waals surface area contributed by atoms with Gasteiger partial charge in [0.15, 0.2) is 5.16 Å². The van der Waals surface area contributed by atoms with E-state index in [0.29, 0.717) is 16.3 Å². The van der Waals surface area contributed by atoms with Gasteiger partial charge in [-0.3, -0.25) is 0 Å². The number of ether oxygens (including phenoxy) is 2. The first kappa shape index (κ1) is 24.3. The molecular formula is C21H22ClN5O5S. The molecule has 12 heteroatoms. The maximum absolute atomic E-state index is 12.8. The lowest BCUT2D eigenvalue weighted by Gasteiger charge is -2.29. The van der Waals surface area contributed by atoms with Crippen molar-refractivity contribution in [3.63, 3.8) is 0 Å². The number of benzene rings is 1. The molecule has 1 aliphatic rings. The molecule has 3 rings (SSSR count). The highest BCUT2D eigenvalue weighted by Crippen LogP contribution is 2.31. The molecule has 1 aromatic carbocycles. The normalized spacial score (nSPS) is 15.5. The average molecular weight is 492 g/mol. The minimum absolute atomic E-state index is 0.0288. The number of carbonyl (C=O) groups excluding carboxylic acids is 3. The zero-order valence-corrected chi connectivity index (χ0v) is 19.5. The van der Waals surface area contributed by atoms with E-state index in [2.05, 4.69) is 20.6 Å². The molecule has 1 unspecified atom stereocenters. The van der Waals surface area contributed by atoms with E-state index >= 15 is 0 Å². The number of anilines is 1. The molecule has 1 aliphatic heterocycles. The first-order valence-corrected chi connectivity index (χ1v) is 11.4. The summed E-state index contributed by atoms with van der Waals surface area (Å²) in [5.74, 6) is -1.07. The van der Waals surface area contributed by atoms with Gasteiger partial charge in [-0.2, -0.15) is 0 Å². The van der Waals surface area contributed by atoms with Crippen molar-refractivity contribution in [2.45, 2.75) is 25.0 Å². The van der Waals surface area contributed by atoms with Crippen molar-refractivity contribution in [3.8, 4) is 0 Å². The number of aromatic nitrogens is 2. The Kier molecular flexibility index (Phi) is 8.12. The predicted octanol–water partition coefficient (Wildman–Crippen LogP) is 2.85. The zero-order valence-electron chi connectivity index (χ0n) is 17.9. The summed E-state index contributed by atoms with van der Waals surface area (Å²) in [6.45, 7) is 3.74. The molecule has 10 nitrogen and oxygen atoms in total. The molecule has 0 aliphatic carbocycles. The maximum Gasteiger partial charge on any atom is 0.343 e. The fourth-order valence-corrected chi connectivity index (χ4v) is 3.95. The summed E-state index contributed by atoms with van der Waals surface area (Å²) >= 11 is 7.11. The maximum atomic E-state index is 12.8. The number of carbonyl (C=O) groups is 3. The largest absolute Gasteiger partial charge is 0.463 e. The molecule has 0 fully saturated rings. The molecular weight excluding hydrogens is 470 g/mol. The highest BCUT2D eigenvalue weighted by molar-refractivity contribution is 7.99. The van der Waals surface area contributed by atoms with Crippen LogP contribution in [0.2, 0.25) is 5.02 Å². The number of thioether (sulfide) groups is 1. The predicted molar refractivity (Wildman–Crippen MR) is 123 cm³/mol. The zero-order chi connectivity index (χ0) is 24.0. The molecule has 0 bridgehead atoms. The number of hydrogen-bond donors (Lipinski definition) is 3. The van der Waals surface area contributed by atoms with Crippen LogP contribution in [-0.2, 0) is 14.3 Å². The van der Waals surface area contributed by atoms with Gasteiger partial charge >= 0.3 is 18.0 Å². The quantitative estimate of drug-likeness (QED) is 0.288. The minimum atomic E-state index is -0.733. The molecule has 0 saturated carbocycles. The molecule has 0 spiro atoms. The van der Waals surface area contributed by atoms with Gasteiger partial charge < -0.3 is 25.8 Å². The van der Waals surface area contributed by atoms with Gasteiger partial charge in [0, 0.05) is 22.7 Å². The number of urea groups is 1. The van der Waals surface area contributed by atoms with Crippen LogP contribution >= 0.6 is 23.4 Å². The fourth-order valence-electron chi connectivity index (χ4n) is 3.04. The third-order valence-electron chi connectivity index (χ3n) is 4.49. The van der Waals surface area contributed by atoms with E-state index in [4.69, 9.17) is 26.8 Å². The highest BCUT2D eigenvalue weighted by Gasteiger charge is 2.33. The van der Waals surface area contributed by atoms with Crippen molar-refractivity contribution in [2.75, 3.05) is 24.7 Å². The van der Waals surface area contributed by atoms with E-state index in [-0.39, 0.29) is 41.1 Å². The van der Waals surface area contributed by atoms with Crippen LogP contribution in [0.3, 0.4) is 0 Å². The number of rotatable bonds is 8. The van der Waals surface area contributed by atoms with Crippen molar-refractivity contribution >= 4 is 47.2 Å². The topological polar surface area (TPSA) is 146 Å². The van der Waals surface area contributed by atoms with Crippen LogP contribution in [0.1, 0.15) is 35.8 Å². The van der Waals surface area contributed by atoms with E-state index in [1.807, 2.05) is 0 Å². The Bertz CT molecular complexity index is 1090. The standard InChI is InChI=1S/C21H22ClN5O5S/c1-3-31-18(28)13-9-24-21(27-17(13)23)33-10-14-15(19(29)32-4-2)16(26-20(30)25-14)11-5-7-12(22)8-6-11/h5-9,16H,3-4,10H2,1-2H3,(H2,23,24,27)(H2,25,26,30). The van der Waals surface area contributed by atoms with Gasteiger partial charge in [-0.15, -0.1) is 0 Å². The Hall–Kier alpha value is -3.31. The van der Waals surface area contributed by atoms with E-state index in [1.54, 1.807) is 38.1 Å². The third-order valence-corrected chi connectivity index (χ3v) is 5.63. The molecule has 1 atom stereocenters. The number of hydrogen-bond acceptors (Lipinski definition) is 9. The van der Waals surface area contributed by atoms with E-state index < -0.39 is 24.0 Å². The Balaban J connectivity index is 1.90. The number of nitrogens with one attached hydrogen (secondary N) is 2. The number of amides is 2. The third kappa shape index (κ3) is 5.93. The van der Waals surface area contributed by atoms with Crippen molar-refractivity contribution in [3.05, 3.63) is 57.9 Å². The van der Waals surface area contributed by atoms with Crippen LogP contribution in [-0.4, -0.2) is 46.9 Å². The first-order chi connectivity index (χ1) is 15.8. The van der Waals surface area contributed by atoms with Crippen molar-refractivity contribution < 1.29 is 23.9 Å². The average Bonchev–Trinajstić information content (AvgIpc) is 2.78. The van der Waals surface area contributed by atoms with Gasteiger partial charge in [-0.05, 0) is 31.5 Å². The second kappa shape index (κ2) is 11.0. The van der Waals surface area contributed by atoms with Crippen LogP contribution in [0.25, 0.3) is 0 Å². The van der Waals surface area contributed by atoms with Crippen LogP contribution in [0.15, 0.2) is 46.9 Å². The Labute approximate surface area is 199 Å². The minimum Gasteiger partial charge on any atom is -0.463 e. The molecule has 2 heterocycles. The van der Waals surface area contributed by atoms with E-state index in [0.717, 1.165) is 11.8 Å². The summed E-state index contributed by atoms with van der Waals surface area (Å²) < 4.78 is 10.1. The lowest BCUT2D eigenvalue weighted by atomic mass is 9.95. The lowest BCUT2D eigenvalue weighted by Crippen LogP contribution is -2.46. The number of halogens is 1.